The summed E-state index contributed by atoms with van der Waals surface area (Å²) in [6, 6.07) is 15.8. The van der Waals surface area contributed by atoms with Crippen LogP contribution in [0.25, 0.3) is 10.9 Å². The van der Waals surface area contributed by atoms with Crippen LogP contribution in [0.1, 0.15) is 26.3 Å². The molecule has 31 heavy (non-hydrogen) atoms. The second-order valence-electron chi connectivity index (χ2n) is 7.33. The highest BCUT2D eigenvalue weighted by molar-refractivity contribution is 7.92. The van der Waals surface area contributed by atoms with E-state index >= 15 is 0 Å². The number of aromatic nitrogens is 1. The minimum atomic E-state index is -3.91. The summed E-state index contributed by atoms with van der Waals surface area (Å²) in [5, 5.41) is 8.71. The maximum absolute atomic E-state index is 14.2. The van der Waals surface area contributed by atoms with Crippen LogP contribution in [-0.4, -0.2) is 24.1 Å². The largest absolute Gasteiger partial charge is 0.480 e. The molecule has 160 valence electrons. The van der Waals surface area contributed by atoms with Crippen molar-refractivity contribution < 1.29 is 22.7 Å². The van der Waals surface area contributed by atoms with E-state index in [9.17, 15) is 22.7 Å². The first-order valence-electron chi connectivity index (χ1n) is 9.55. The summed E-state index contributed by atoms with van der Waals surface area (Å²) in [6.45, 7) is 3.22. The number of carbonyl (C=O) groups is 1. The van der Waals surface area contributed by atoms with Gasteiger partial charge >= 0.3 is 5.97 Å². The maximum Gasteiger partial charge on any atom is 0.323 e. The van der Waals surface area contributed by atoms with E-state index in [4.69, 9.17) is 0 Å². The number of hydrogen-bond donors (Lipinski definition) is 1. The Hall–Kier alpha value is -2.97. The molecule has 1 N–H and O–H groups in total. The van der Waals surface area contributed by atoms with Gasteiger partial charge in [-0.3, -0.25) is 4.79 Å². The Bertz CT molecular complexity index is 1390. The van der Waals surface area contributed by atoms with Crippen LogP contribution in [0.2, 0.25) is 0 Å². The normalized spacial score (nSPS) is 12.9. The Morgan fingerprint density at radius 2 is 1.81 bits per heavy atom. The highest BCUT2D eigenvalue weighted by Crippen LogP contribution is 2.43. The van der Waals surface area contributed by atoms with E-state index in [2.05, 4.69) is 0 Å². The number of carboxylic acids is 1. The quantitative estimate of drug-likeness (QED) is 0.437. The van der Waals surface area contributed by atoms with E-state index < -0.39 is 26.9 Å². The Labute approximate surface area is 183 Å². The molecule has 0 bridgehead atoms. The average Bonchev–Trinajstić information content (AvgIpc) is 3.25. The van der Waals surface area contributed by atoms with Crippen molar-refractivity contribution in [3.05, 3.63) is 87.5 Å². The summed E-state index contributed by atoms with van der Waals surface area (Å²) in [5.74, 6) is -1.58. The fraction of sp³-hybridized carbons (Fsp3) is 0.174. The van der Waals surface area contributed by atoms with Crippen molar-refractivity contribution in [3.8, 4) is 0 Å². The summed E-state index contributed by atoms with van der Waals surface area (Å²) in [6.07, 6.45) is 0. The molecule has 0 saturated heterocycles. The summed E-state index contributed by atoms with van der Waals surface area (Å²) in [4.78, 5) is 13.2. The highest BCUT2D eigenvalue weighted by atomic mass is 32.2. The molecule has 0 radical (unpaired) electrons. The molecule has 2 aromatic heterocycles. The smallest absolute Gasteiger partial charge is 0.323 e. The number of aryl methyl sites for hydroxylation is 1. The van der Waals surface area contributed by atoms with Gasteiger partial charge in [0.2, 0.25) is 0 Å². The topological polar surface area (TPSA) is 76.4 Å². The number of sulfone groups is 1. The zero-order valence-corrected chi connectivity index (χ0v) is 18.5. The zero-order chi connectivity index (χ0) is 22.3. The van der Waals surface area contributed by atoms with Crippen molar-refractivity contribution >= 4 is 38.0 Å². The molecule has 0 aliphatic heterocycles. The summed E-state index contributed by atoms with van der Waals surface area (Å²) in [5.41, 5.74) is 1.37. The van der Waals surface area contributed by atoms with Gasteiger partial charge in [0.15, 0.2) is 9.84 Å². The van der Waals surface area contributed by atoms with Crippen molar-refractivity contribution in [3.63, 3.8) is 0 Å². The van der Waals surface area contributed by atoms with Crippen molar-refractivity contribution in [2.24, 2.45) is 0 Å². The monoisotopic (exact) mass is 457 g/mol. The van der Waals surface area contributed by atoms with Crippen molar-refractivity contribution in [1.29, 1.82) is 0 Å². The van der Waals surface area contributed by atoms with E-state index in [0.717, 1.165) is 4.88 Å². The van der Waals surface area contributed by atoms with E-state index in [-0.39, 0.29) is 11.4 Å². The number of fused-ring (bicyclic) bond motifs is 1. The number of nitrogens with zero attached hydrogens (tertiary/aromatic N) is 1. The third-order valence-electron chi connectivity index (χ3n) is 5.29. The van der Waals surface area contributed by atoms with Crippen LogP contribution in [0.15, 0.2) is 65.6 Å². The lowest BCUT2D eigenvalue weighted by molar-refractivity contribution is -0.137. The number of thiophene rings is 1. The summed E-state index contributed by atoms with van der Waals surface area (Å²) < 4.78 is 43.4. The van der Waals surface area contributed by atoms with E-state index in [0.29, 0.717) is 27.0 Å². The van der Waals surface area contributed by atoms with Crippen LogP contribution < -0.4 is 0 Å². The third-order valence-corrected chi connectivity index (χ3v) is 8.55. The van der Waals surface area contributed by atoms with E-state index in [1.54, 1.807) is 31.2 Å². The molecule has 0 amide bonds. The number of rotatable bonds is 6. The first-order chi connectivity index (χ1) is 14.7. The number of benzene rings is 2. The molecule has 8 heteroatoms. The fourth-order valence-electron chi connectivity index (χ4n) is 3.94. The van der Waals surface area contributed by atoms with Crippen molar-refractivity contribution in [1.82, 2.24) is 4.57 Å². The van der Waals surface area contributed by atoms with Gasteiger partial charge in [-0.1, -0.05) is 18.2 Å². The lowest BCUT2D eigenvalue weighted by Crippen LogP contribution is -2.16. The molecule has 1 atom stereocenters. The van der Waals surface area contributed by atoms with Gasteiger partial charge in [-0.05, 0) is 56.3 Å². The molecule has 4 rings (SSSR count). The van der Waals surface area contributed by atoms with Gasteiger partial charge < -0.3 is 9.67 Å². The van der Waals surface area contributed by atoms with Gasteiger partial charge in [0.05, 0.1) is 4.90 Å². The minimum absolute atomic E-state index is 0.154. The number of halogens is 1. The second-order valence-corrected chi connectivity index (χ2v) is 10.7. The first kappa shape index (κ1) is 21.3. The first-order valence-corrected chi connectivity index (χ1v) is 11.9. The van der Waals surface area contributed by atoms with Crippen molar-refractivity contribution in [2.45, 2.75) is 30.5 Å². The molecule has 0 saturated carbocycles. The van der Waals surface area contributed by atoms with Crippen LogP contribution in [0.3, 0.4) is 0 Å². The Morgan fingerprint density at radius 1 is 1.10 bits per heavy atom. The van der Waals surface area contributed by atoms with Gasteiger partial charge in [0.25, 0.3) is 0 Å². The van der Waals surface area contributed by atoms with Gasteiger partial charge in [0, 0.05) is 31.9 Å². The molecule has 2 heterocycles. The predicted octanol–water partition coefficient (Wildman–Crippen LogP) is 5.11. The fourth-order valence-corrected chi connectivity index (χ4v) is 7.14. The second kappa shape index (κ2) is 7.94. The molecular formula is C23H20FNO4S2. The molecule has 5 nitrogen and oxygen atoms in total. The summed E-state index contributed by atoms with van der Waals surface area (Å²) >= 11 is 1.36. The summed E-state index contributed by atoms with van der Waals surface area (Å²) in [7, 11) is -3.91. The standard InChI is InChI=1S/C23H20FNO4S2/c1-14-8-11-20(30-14)23(31(28,29)17-6-4-3-5-7-17)22-15(2)25(13-21(26)27)19-10-9-16(24)12-18(19)22/h3-12,23H,13H2,1-2H3,(H,26,27). The lowest BCUT2D eigenvalue weighted by atomic mass is 10.1. The lowest BCUT2D eigenvalue weighted by Gasteiger charge is -2.18. The van der Waals surface area contributed by atoms with E-state index in [1.165, 1.54) is 46.2 Å². The molecule has 0 fully saturated rings. The molecule has 0 aliphatic carbocycles. The minimum Gasteiger partial charge on any atom is -0.480 e. The third kappa shape index (κ3) is 3.77. The molecule has 2 aromatic carbocycles. The van der Waals surface area contributed by atoms with Gasteiger partial charge in [-0.25, -0.2) is 12.8 Å². The van der Waals surface area contributed by atoms with Crippen LogP contribution in [0, 0.1) is 19.7 Å². The van der Waals surface area contributed by atoms with Crippen LogP contribution >= 0.6 is 11.3 Å². The van der Waals surface area contributed by atoms with Gasteiger partial charge in [-0.15, -0.1) is 11.3 Å². The molecule has 4 aromatic rings. The maximum atomic E-state index is 14.2. The number of hydrogen-bond acceptors (Lipinski definition) is 4. The molecule has 0 aliphatic rings. The Balaban J connectivity index is 2.08. The molecular weight excluding hydrogens is 437 g/mol. The van der Waals surface area contributed by atoms with Gasteiger partial charge in [-0.2, -0.15) is 0 Å². The SMILES string of the molecule is Cc1ccc(C(c2c(C)n(CC(=O)O)c3ccc(F)cc23)S(=O)(=O)c2ccccc2)s1. The van der Waals surface area contributed by atoms with Crippen LogP contribution in [0.4, 0.5) is 4.39 Å². The predicted molar refractivity (Wildman–Crippen MR) is 119 cm³/mol. The van der Waals surface area contributed by atoms with Crippen molar-refractivity contribution in [2.75, 3.05) is 0 Å². The van der Waals surface area contributed by atoms with Crippen LogP contribution in [0.5, 0.6) is 0 Å². The zero-order valence-electron chi connectivity index (χ0n) is 16.9. The Morgan fingerprint density at radius 3 is 2.42 bits per heavy atom. The molecule has 1 unspecified atom stereocenters. The van der Waals surface area contributed by atoms with Crippen LogP contribution in [-0.2, 0) is 21.2 Å². The number of aliphatic carboxylic acids is 1. The molecule has 0 spiro atoms. The average molecular weight is 458 g/mol. The van der Waals surface area contributed by atoms with E-state index in [1.807, 2.05) is 13.0 Å². The Kier molecular flexibility index (Phi) is 5.45. The highest BCUT2D eigenvalue weighted by Gasteiger charge is 2.36. The number of carboxylic acid groups (broad SMARTS) is 1. The van der Waals surface area contributed by atoms with Gasteiger partial charge in [0.1, 0.15) is 17.6 Å².